The van der Waals surface area contributed by atoms with Crippen molar-refractivity contribution in [3.63, 3.8) is 0 Å². The molecule has 6 nitrogen and oxygen atoms in total. The average molecular weight is 347 g/mol. The Kier molecular flexibility index (Phi) is 6.42. The van der Waals surface area contributed by atoms with Gasteiger partial charge >= 0.3 is 6.03 Å². The maximum Gasteiger partial charge on any atom is 0.325 e. The Labute approximate surface area is 150 Å². The molecule has 6 heteroatoms. The summed E-state index contributed by atoms with van der Waals surface area (Å²) in [5.74, 6) is 0.740. The summed E-state index contributed by atoms with van der Waals surface area (Å²) in [6, 6.07) is 7.88. The highest BCUT2D eigenvalue weighted by atomic mass is 16.5. The first-order valence-electron chi connectivity index (χ1n) is 8.79. The van der Waals surface area contributed by atoms with E-state index in [2.05, 4.69) is 29.4 Å². The number of methoxy groups -OCH3 is 1. The number of hydrogen-bond donors (Lipinski definition) is 1. The van der Waals surface area contributed by atoms with Gasteiger partial charge in [0.25, 0.3) is 5.91 Å². The summed E-state index contributed by atoms with van der Waals surface area (Å²) in [6.07, 6.45) is 2.88. The molecular weight excluding hydrogens is 318 g/mol. The zero-order valence-corrected chi connectivity index (χ0v) is 15.7. The van der Waals surface area contributed by atoms with E-state index < -0.39 is 5.54 Å². The molecule has 0 atom stereocenters. The van der Waals surface area contributed by atoms with Crippen LogP contribution in [-0.2, 0) is 11.2 Å². The van der Waals surface area contributed by atoms with Crippen LogP contribution in [0.2, 0.25) is 0 Å². The zero-order valence-electron chi connectivity index (χ0n) is 15.7. The molecule has 1 aliphatic rings. The summed E-state index contributed by atoms with van der Waals surface area (Å²) >= 11 is 0. The van der Waals surface area contributed by atoms with Crippen LogP contribution in [0.5, 0.6) is 5.75 Å². The van der Waals surface area contributed by atoms with Crippen molar-refractivity contribution in [2.24, 2.45) is 0 Å². The molecule has 138 valence electrons. The summed E-state index contributed by atoms with van der Waals surface area (Å²) < 4.78 is 5.16. The van der Waals surface area contributed by atoms with Crippen LogP contribution in [0.1, 0.15) is 32.3 Å². The van der Waals surface area contributed by atoms with Gasteiger partial charge in [-0.3, -0.25) is 9.69 Å². The predicted octanol–water partition coefficient (Wildman–Crippen LogP) is 2.28. The lowest BCUT2D eigenvalue weighted by molar-refractivity contribution is -0.130. The molecule has 3 amide bonds. The summed E-state index contributed by atoms with van der Waals surface area (Å²) in [4.78, 5) is 27.5. The molecule has 0 radical (unpaired) electrons. The van der Waals surface area contributed by atoms with Gasteiger partial charge in [0.05, 0.1) is 7.11 Å². The van der Waals surface area contributed by atoms with Gasteiger partial charge in [0.1, 0.15) is 11.3 Å². The molecule has 1 N–H and O–H groups in total. The number of ether oxygens (including phenoxy) is 1. The van der Waals surface area contributed by atoms with Gasteiger partial charge < -0.3 is 15.0 Å². The number of rotatable bonds is 9. The molecule has 1 aromatic rings. The van der Waals surface area contributed by atoms with Gasteiger partial charge in [-0.05, 0) is 70.9 Å². The molecule has 0 bridgehead atoms. The molecule has 1 aliphatic heterocycles. The second kappa shape index (κ2) is 8.34. The largest absolute Gasteiger partial charge is 0.497 e. The molecule has 1 aromatic carbocycles. The molecule has 25 heavy (non-hydrogen) atoms. The third-order valence-corrected chi connectivity index (χ3v) is 4.53. The molecule has 1 saturated heterocycles. The molecule has 0 aromatic heterocycles. The van der Waals surface area contributed by atoms with Crippen LogP contribution < -0.4 is 10.1 Å². The predicted molar refractivity (Wildman–Crippen MR) is 97.8 cm³/mol. The van der Waals surface area contributed by atoms with Gasteiger partial charge in [-0.25, -0.2) is 4.79 Å². The van der Waals surface area contributed by atoms with Crippen molar-refractivity contribution in [2.45, 2.75) is 38.6 Å². The van der Waals surface area contributed by atoms with Crippen LogP contribution in [-0.4, -0.2) is 61.1 Å². The Bertz CT molecular complexity index is 598. The molecule has 0 spiro atoms. The Morgan fingerprint density at radius 2 is 1.76 bits per heavy atom. The second-order valence-corrected chi connectivity index (χ2v) is 7.12. The average Bonchev–Trinajstić information content (AvgIpc) is 2.77. The van der Waals surface area contributed by atoms with Crippen LogP contribution >= 0.6 is 0 Å². The molecular formula is C19H29N3O3. The molecule has 1 heterocycles. The Morgan fingerprint density at radius 3 is 2.32 bits per heavy atom. The lowest BCUT2D eigenvalue weighted by atomic mass is 10.1. The Hall–Kier alpha value is -2.08. The molecule has 1 fully saturated rings. The van der Waals surface area contributed by atoms with Gasteiger partial charge in [-0.2, -0.15) is 0 Å². The smallest absolute Gasteiger partial charge is 0.325 e. The van der Waals surface area contributed by atoms with E-state index in [9.17, 15) is 9.59 Å². The van der Waals surface area contributed by atoms with E-state index in [0.29, 0.717) is 6.54 Å². The topological polar surface area (TPSA) is 61.9 Å². The monoisotopic (exact) mass is 347 g/mol. The minimum Gasteiger partial charge on any atom is -0.497 e. The third kappa shape index (κ3) is 5.19. The van der Waals surface area contributed by atoms with Gasteiger partial charge in [0.2, 0.25) is 0 Å². The first-order valence-corrected chi connectivity index (χ1v) is 8.79. The molecule has 0 unspecified atom stereocenters. The third-order valence-electron chi connectivity index (χ3n) is 4.53. The van der Waals surface area contributed by atoms with Crippen LogP contribution in [0.4, 0.5) is 4.79 Å². The number of urea groups is 1. The van der Waals surface area contributed by atoms with Gasteiger partial charge in [0.15, 0.2) is 0 Å². The molecule has 0 saturated carbocycles. The number of nitrogens with zero attached hydrogens (tertiary/aromatic N) is 2. The Balaban J connectivity index is 1.64. The number of imide groups is 1. The number of benzene rings is 1. The minimum atomic E-state index is -0.776. The van der Waals surface area contributed by atoms with Crippen molar-refractivity contribution in [3.05, 3.63) is 29.8 Å². The number of amides is 3. The lowest BCUT2D eigenvalue weighted by Crippen LogP contribution is -2.40. The van der Waals surface area contributed by atoms with Crippen molar-refractivity contribution in [1.82, 2.24) is 15.1 Å². The highest BCUT2D eigenvalue weighted by Crippen LogP contribution is 2.17. The minimum absolute atomic E-state index is 0.139. The van der Waals surface area contributed by atoms with Crippen molar-refractivity contribution >= 4 is 11.9 Å². The highest BCUT2D eigenvalue weighted by Gasteiger charge is 2.43. The maximum atomic E-state index is 12.1. The first kappa shape index (κ1) is 19.2. The highest BCUT2D eigenvalue weighted by molar-refractivity contribution is 6.06. The van der Waals surface area contributed by atoms with Gasteiger partial charge in [0, 0.05) is 6.54 Å². The van der Waals surface area contributed by atoms with Crippen LogP contribution in [0.15, 0.2) is 24.3 Å². The standard InChI is InChI=1S/C19H29N3O3/c1-19(2)17(23)22(18(24)20-19)14-6-13-21(3)12-5-7-15-8-10-16(25-4)11-9-15/h8-11H,5-7,12-14H2,1-4H3,(H,20,24). The van der Waals surface area contributed by atoms with Crippen molar-refractivity contribution in [3.8, 4) is 5.75 Å². The maximum absolute atomic E-state index is 12.1. The SMILES string of the molecule is COc1ccc(CCCN(C)CCCN2C(=O)NC(C)(C)C2=O)cc1. The van der Waals surface area contributed by atoms with E-state index >= 15 is 0 Å². The van der Waals surface area contributed by atoms with E-state index in [1.165, 1.54) is 10.5 Å². The van der Waals surface area contributed by atoms with E-state index in [1.54, 1.807) is 21.0 Å². The molecule has 2 rings (SSSR count). The normalized spacial score (nSPS) is 16.4. The van der Waals surface area contributed by atoms with Gasteiger partial charge in [-0.1, -0.05) is 12.1 Å². The quantitative estimate of drug-likeness (QED) is 0.696. The van der Waals surface area contributed by atoms with Crippen molar-refractivity contribution in [2.75, 3.05) is 33.8 Å². The number of carbonyl (C=O) groups excluding carboxylic acids is 2. The fraction of sp³-hybridized carbons (Fsp3) is 0.579. The lowest BCUT2D eigenvalue weighted by Gasteiger charge is -2.19. The van der Waals surface area contributed by atoms with Crippen molar-refractivity contribution < 1.29 is 14.3 Å². The van der Waals surface area contributed by atoms with E-state index in [0.717, 1.165) is 38.1 Å². The van der Waals surface area contributed by atoms with Crippen molar-refractivity contribution in [1.29, 1.82) is 0 Å². The first-order chi connectivity index (χ1) is 11.8. The number of nitrogens with one attached hydrogen (secondary N) is 1. The number of hydrogen-bond acceptors (Lipinski definition) is 4. The number of carbonyl (C=O) groups is 2. The Morgan fingerprint density at radius 1 is 1.12 bits per heavy atom. The fourth-order valence-corrected chi connectivity index (χ4v) is 2.98. The number of aryl methyl sites for hydroxylation is 1. The summed E-state index contributed by atoms with van der Waals surface area (Å²) in [5, 5.41) is 2.71. The fourth-order valence-electron chi connectivity index (χ4n) is 2.98. The van der Waals surface area contributed by atoms with E-state index in [4.69, 9.17) is 4.74 Å². The zero-order chi connectivity index (χ0) is 18.4. The van der Waals surface area contributed by atoms with E-state index in [1.807, 2.05) is 12.1 Å². The van der Waals surface area contributed by atoms with Crippen LogP contribution in [0, 0.1) is 0 Å². The van der Waals surface area contributed by atoms with Gasteiger partial charge in [-0.15, -0.1) is 0 Å². The van der Waals surface area contributed by atoms with Crippen LogP contribution in [0.3, 0.4) is 0 Å². The second-order valence-electron chi connectivity index (χ2n) is 7.12. The summed E-state index contributed by atoms with van der Waals surface area (Å²) in [5.41, 5.74) is 0.525. The van der Waals surface area contributed by atoms with Crippen LogP contribution in [0.25, 0.3) is 0 Å². The van der Waals surface area contributed by atoms with E-state index in [-0.39, 0.29) is 11.9 Å². The summed E-state index contributed by atoms with van der Waals surface area (Å²) in [7, 11) is 3.74. The molecule has 0 aliphatic carbocycles. The summed E-state index contributed by atoms with van der Waals surface area (Å²) in [6.45, 7) is 5.78.